The van der Waals surface area contributed by atoms with Crippen molar-refractivity contribution in [1.82, 2.24) is 9.80 Å². The molecule has 5 nitrogen and oxygen atoms in total. The van der Waals surface area contributed by atoms with E-state index < -0.39 is 12.0 Å². The maximum absolute atomic E-state index is 12.9. The summed E-state index contributed by atoms with van der Waals surface area (Å²) >= 11 is 0. The normalized spacial score (nSPS) is 32.9. The van der Waals surface area contributed by atoms with Crippen LogP contribution in [0.3, 0.4) is 0 Å². The van der Waals surface area contributed by atoms with Crippen molar-refractivity contribution in [1.29, 1.82) is 0 Å². The van der Waals surface area contributed by atoms with Gasteiger partial charge in [0.1, 0.15) is 6.04 Å². The summed E-state index contributed by atoms with van der Waals surface area (Å²) in [4.78, 5) is 28.0. The van der Waals surface area contributed by atoms with Crippen molar-refractivity contribution in [3.8, 4) is 0 Å². The molecule has 2 saturated heterocycles. The van der Waals surface area contributed by atoms with Gasteiger partial charge in [0.05, 0.1) is 0 Å². The molecule has 2 aliphatic heterocycles. The molecule has 3 atom stereocenters. The molecule has 0 saturated carbocycles. The van der Waals surface area contributed by atoms with Gasteiger partial charge in [-0.25, -0.2) is 9.59 Å². The lowest BCUT2D eigenvalue weighted by Gasteiger charge is -2.47. The van der Waals surface area contributed by atoms with Gasteiger partial charge in [0.2, 0.25) is 0 Å². The molecular formula is C16H28N2O3. The first-order valence-corrected chi connectivity index (χ1v) is 8.04. The lowest BCUT2D eigenvalue weighted by molar-refractivity contribution is -0.149. The molecule has 0 aromatic carbocycles. The minimum atomic E-state index is -0.883. The molecule has 2 amide bonds. The second-order valence-corrected chi connectivity index (χ2v) is 7.48. The summed E-state index contributed by atoms with van der Waals surface area (Å²) < 4.78 is 0. The summed E-state index contributed by atoms with van der Waals surface area (Å²) in [7, 11) is 0. The Labute approximate surface area is 127 Å². The topological polar surface area (TPSA) is 60.9 Å². The van der Waals surface area contributed by atoms with E-state index in [1.165, 1.54) is 0 Å². The molecule has 2 fully saturated rings. The van der Waals surface area contributed by atoms with Gasteiger partial charge < -0.3 is 14.9 Å². The van der Waals surface area contributed by atoms with E-state index in [9.17, 15) is 14.7 Å². The van der Waals surface area contributed by atoms with Crippen LogP contribution >= 0.6 is 0 Å². The third-order valence-corrected chi connectivity index (χ3v) is 5.14. The Hall–Kier alpha value is -1.26. The van der Waals surface area contributed by atoms with Gasteiger partial charge in [0.25, 0.3) is 0 Å². The molecule has 5 heteroatoms. The Kier molecular flexibility index (Phi) is 4.49. The monoisotopic (exact) mass is 296 g/mol. The lowest BCUT2D eigenvalue weighted by atomic mass is 9.76. The summed E-state index contributed by atoms with van der Waals surface area (Å²) in [6.07, 6.45) is 3.73. The average molecular weight is 296 g/mol. The first kappa shape index (κ1) is 16.1. The number of amides is 2. The van der Waals surface area contributed by atoms with Gasteiger partial charge in [0, 0.05) is 19.1 Å². The molecule has 0 aromatic heterocycles. The first-order chi connectivity index (χ1) is 9.74. The van der Waals surface area contributed by atoms with Crippen molar-refractivity contribution in [3.05, 3.63) is 0 Å². The number of carboxylic acids is 1. The number of hydrogen-bond acceptors (Lipinski definition) is 2. The highest BCUT2D eigenvalue weighted by Gasteiger charge is 2.46. The minimum Gasteiger partial charge on any atom is -0.480 e. The fourth-order valence-corrected chi connectivity index (χ4v) is 3.92. The number of hydrogen-bond donors (Lipinski definition) is 1. The first-order valence-electron chi connectivity index (χ1n) is 8.04. The zero-order chi connectivity index (χ0) is 15.8. The van der Waals surface area contributed by atoms with Gasteiger partial charge in [-0.15, -0.1) is 0 Å². The molecule has 2 aliphatic rings. The van der Waals surface area contributed by atoms with Crippen LogP contribution in [-0.2, 0) is 4.79 Å². The molecule has 21 heavy (non-hydrogen) atoms. The van der Waals surface area contributed by atoms with Gasteiger partial charge in [-0.1, -0.05) is 20.8 Å². The van der Waals surface area contributed by atoms with Crippen molar-refractivity contribution in [2.45, 2.75) is 65.5 Å². The van der Waals surface area contributed by atoms with Crippen LogP contribution in [-0.4, -0.2) is 52.1 Å². The van der Waals surface area contributed by atoms with Gasteiger partial charge in [-0.05, 0) is 43.9 Å². The quantitative estimate of drug-likeness (QED) is 0.809. The van der Waals surface area contributed by atoms with Crippen LogP contribution in [0.5, 0.6) is 0 Å². The van der Waals surface area contributed by atoms with Crippen molar-refractivity contribution in [2.24, 2.45) is 11.3 Å². The largest absolute Gasteiger partial charge is 0.480 e. The highest BCUT2D eigenvalue weighted by Crippen LogP contribution is 2.36. The van der Waals surface area contributed by atoms with Gasteiger partial charge in [-0.2, -0.15) is 0 Å². The van der Waals surface area contributed by atoms with E-state index in [1.807, 2.05) is 18.7 Å². The van der Waals surface area contributed by atoms with Gasteiger partial charge >= 0.3 is 12.0 Å². The maximum Gasteiger partial charge on any atom is 0.327 e. The molecule has 2 heterocycles. The van der Waals surface area contributed by atoms with Crippen LogP contribution in [0.1, 0.15) is 53.4 Å². The number of urea groups is 1. The zero-order valence-electron chi connectivity index (χ0n) is 13.6. The highest BCUT2D eigenvalue weighted by molar-refractivity contribution is 5.84. The zero-order valence-corrected chi connectivity index (χ0v) is 13.6. The van der Waals surface area contributed by atoms with Crippen LogP contribution in [0.15, 0.2) is 0 Å². The fraction of sp³-hybridized carbons (Fsp3) is 0.875. The van der Waals surface area contributed by atoms with E-state index in [1.54, 1.807) is 4.90 Å². The predicted octanol–water partition coefficient (Wildman–Crippen LogP) is 2.80. The van der Waals surface area contributed by atoms with Crippen LogP contribution < -0.4 is 0 Å². The van der Waals surface area contributed by atoms with E-state index in [-0.39, 0.29) is 17.5 Å². The Balaban J connectivity index is 2.18. The van der Waals surface area contributed by atoms with Crippen LogP contribution in [0.2, 0.25) is 0 Å². The molecule has 2 rings (SSSR count). The average Bonchev–Trinajstić information content (AvgIpc) is 2.36. The number of carbonyl (C=O) groups is 2. The van der Waals surface area contributed by atoms with Gasteiger partial charge in [-0.3, -0.25) is 0 Å². The second kappa shape index (κ2) is 5.85. The van der Waals surface area contributed by atoms with Crippen molar-refractivity contribution < 1.29 is 14.7 Å². The third-order valence-electron chi connectivity index (χ3n) is 5.14. The maximum atomic E-state index is 12.9. The van der Waals surface area contributed by atoms with Crippen molar-refractivity contribution in [2.75, 3.05) is 13.1 Å². The lowest BCUT2D eigenvalue weighted by Crippen LogP contribution is -2.61. The summed E-state index contributed by atoms with van der Waals surface area (Å²) in [6, 6.07) is -0.611. The van der Waals surface area contributed by atoms with Crippen LogP contribution in [0.4, 0.5) is 4.79 Å². The summed E-state index contributed by atoms with van der Waals surface area (Å²) in [5, 5.41) is 9.59. The van der Waals surface area contributed by atoms with Crippen molar-refractivity contribution >= 4 is 12.0 Å². The van der Waals surface area contributed by atoms with Gasteiger partial charge in [0.15, 0.2) is 0 Å². The number of nitrogens with zero attached hydrogens (tertiary/aromatic N) is 2. The Morgan fingerprint density at radius 1 is 1.14 bits per heavy atom. The summed E-state index contributed by atoms with van der Waals surface area (Å²) in [5.41, 5.74) is -0.369. The predicted molar refractivity (Wildman–Crippen MR) is 81.1 cm³/mol. The number of rotatable bonds is 1. The fourth-order valence-electron chi connectivity index (χ4n) is 3.92. The van der Waals surface area contributed by atoms with E-state index in [4.69, 9.17) is 0 Å². The van der Waals surface area contributed by atoms with Crippen LogP contribution in [0, 0.1) is 11.3 Å². The number of aliphatic carboxylic acids is 1. The molecule has 0 aliphatic carbocycles. The molecule has 3 unspecified atom stereocenters. The number of piperidine rings is 2. The standard InChI is InChI=1S/C16H28N2O3/c1-11-6-9-17(12(2)10-11)15(21)18-8-5-7-16(3,4)13(18)14(19)20/h11-13H,5-10H2,1-4H3,(H,19,20). The summed E-state index contributed by atoms with van der Waals surface area (Å²) in [5.74, 6) is -0.247. The molecule has 1 N–H and O–H groups in total. The molecular weight excluding hydrogens is 268 g/mol. The molecule has 0 radical (unpaired) electrons. The molecule has 0 spiro atoms. The number of carbonyl (C=O) groups excluding carboxylic acids is 1. The SMILES string of the molecule is CC1CCN(C(=O)N2CCCC(C)(C)C2C(=O)O)C(C)C1. The summed E-state index contributed by atoms with van der Waals surface area (Å²) in [6.45, 7) is 9.48. The highest BCUT2D eigenvalue weighted by atomic mass is 16.4. The van der Waals surface area contributed by atoms with Crippen LogP contribution in [0.25, 0.3) is 0 Å². The smallest absolute Gasteiger partial charge is 0.327 e. The van der Waals surface area contributed by atoms with E-state index >= 15 is 0 Å². The third kappa shape index (κ3) is 3.16. The molecule has 120 valence electrons. The Morgan fingerprint density at radius 2 is 1.81 bits per heavy atom. The Morgan fingerprint density at radius 3 is 2.38 bits per heavy atom. The van der Waals surface area contributed by atoms with Crippen molar-refractivity contribution in [3.63, 3.8) is 0 Å². The van der Waals surface area contributed by atoms with E-state index in [0.717, 1.165) is 32.2 Å². The number of likely N-dealkylation sites (tertiary alicyclic amines) is 2. The molecule has 0 aromatic rings. The van der Waals surface area contributed by atoms with E-state index in [2.05, 4.69) is 13.8 Å². The number of carboxylic acid groups (broad SMARTS) is 1. The molecule has 0 bridgehead atoms. The van der Waals surface area contributed by atoms with E-state index in [0.29, 0.717) is 12.5 Å². The minimum absolute atomic E-state index is 0.0884. The Bertz CT molecular complexity index is 422. The second-order valence-electron chi connectivity index (χ2n) is 7.48.